The maximum atomic E-state index is 11.1. The van der Waals surface area contributed by atoms with Crippen molar-refractivity contribution in [3.8, 4) is 0 Å². The van der Waals surface area contributed by atoms with Gasteiger partial charge in [0.2, 0.25) is 5.91 Å². The highest BCUT2D eigenvalue weighted by Gasteiger charge is 2.37. The zero-order chi connectivity index (χ0) is 10.8. The molecule has 84 valence electrons. The molecule has 2 aliphatic rings. The van der Waals surface area contributed by atoms with Crippen molar-refractivity contribution in [2.45, 2.75) is 32.1 Å². The van der Waals surface area contributed by atoms with Gasteiger partial charge in [-0.2, -0.15) is 0 Å². The third-order valence-electron chi connectivity index (χ3n) is 3.78. The monoisotopic (exact) mass is 211 g/mol. The molecular formula is C11H17NO3. The molecule has 2 atom stereocenters. The van der Waals surface area contributed by atoms with Crippen LogP contribution < -0.4 is 5.32 Å². The Morgan fingerprint density at radius 2 is 2.20 bits per heavy atom. The first-order valence-electron chi connectivity index (χ1n) is 5.65. The third-order valence-corrected chi connectivity index (χ3v) is 3.78. The Bertz CT molecular complexity index is 273. The molecule has 1 aliphatic carbocycles. The first kappa shape index (κ1) is 10.5. The van der Waals surface area contributed by atoms with Crippen molar-refractivity contribution in [1.82, 2.24) is 5.32 Å². The Balaban J connectivity index is 1.97. The fourth-order valence-corrected chi connectivity index (χ4v) is 2.72. The second-order valence-corrected chi connectivity index (χ2v) is 4.72. The van der Waals surface area contributed by atoms with E-state index < -0.39 is 5.97 Å². The third kappa shape index (κ3) is 2.30. The van der Waals surface area contributed by atoms with E-state index in [1.165, 1.54) is 6.42 Å². The largest absolute Gasteiger partial charge is 0.481 e. The average molecular weight is 211 g/mol. The zero-order valence-corrected chi connectivity index (χ0v) is 8.74. The zero-order valence-electron chi connectivity index (χ0n) is 8.74. The molecule has 4 nitrogen and oxygen atoms in total. The quantitative estimate of drug-likeness (QED) is 0.729. The van der Waals surface area contributed by atoms with Crippen molar-refractivity contribution in [2.24, 2.45) is 17.8 Å². The lowest BCUT2D eigenvalue weighted by molar-refractivity contribution is -0.139. The van der Waals surface area contributed by atoms with Crippen LogP contribution in [0.1, 0.15) is 32.1 Å². The van der Waals surface area contributed by atoms with Crippen LogP contribution in [0, 0.1) is 17.8 Å². The van der Waals surface area contributed by atoms with Crippen LogP contribution in [-0.2, 0) is 9.59 Å². The Morgan fingerprint density at radius 3 is 2.60 bits per heavy atom. The van der Waals surface area contributed by atoms with E-state index in [2.05, 4.69) is 5.32 Å². The summed E-state index contributed by atoms with van der Waals surface area (Å²) >= 11 is 0. The van der Waals surface area contributed by atoms with Gasteiger partial charge in [-0.3, -0.25) is 9.59 Å². The minimum absolute atomic E-state index is 0.0784. The van der Waals surface area contributed by atoms with E-state index in [1.807, 2.05) is 0 Å². The highest BCUT2D eigenvalue weighted by atomic mass is 16.4. The summed E-state index contributed by atoms with van der Waals surface area (Å²) < 4.78 is 0. The van der Waals surface area contributed by atoms with Crippen LogP contribution in [-0.4, -0.2) is 23.5 Å². The van der Waals surface area contributed by atoms with E-state index in [9.17, 15) is 9.59 Å². The molecule has 1 saturated heterocycles. The summed E-state index contributed by atoms with van der Waals surface area (Å²) in [4.78, 5) is 21.9. The number of amides is 1. The molecule has 1 heterocycles. The molecule has 1 aliphatic heterocycles. The summed E-state index contributed by atoms with van der Waals surface area (Å²) in [5.74, 6) is 0.342. The van der Waals surface area contributed by atoms with Crippen molar-refractivity contribution in [3.63, 3.8) is 0 Å². The molecule has 0 aromatic rings. The minimum Gasteiger partial charge on any atom is -0.481 e. The van der Waals surface area contributed by atoms with Crippen molar-refractivity contribution < 1.29 is 14.7 Å². The Labute approximate surface area is 89.0 Å². The Hall–Kier alpha value is -1.06. The lowest BCUT2D eigenvalue weighted by atomic mass is 9.69. The number of carbonyl (C=O) groups is 2. The molecule has 0 spiro atoms. The van der Waals surface area contributed by atoms with Gasteiger partial charge in [-0.1, -0.05) is 19.3 Å². The van der Waals surface area contributed by atoms with Gasteiger partial charge in [0.15, 0.2) is 0 Å². The normalized spacial score (nSPS) is 28.3. The molecule has 15 heavy (non-hydrogen) atoms. The highest BCUT2D eigenvalue weighted by molar-refractivity contribution is 5.78. The molecule has 2 fully saturated rings. The summed E-state index contributed by atoms with van der Waals surface area (Å²) in [5.41, 5.74) is 0. The van der Waals surface area contributed by atoms with Crippen LogP contribution in [0.15, 0.2) is 0 Å². The summed E-state index contributed by atoms with van der Waals surface area (Å²) in [7, 11) is 0. The summed E-state index contributed by atoms with van der Waals surface area (Å²) in [6.07, 6.45) is 4.25. The lowest BCUT2D eigenvalue weighted by Crippen LogP contribution is -2.31. The Kier molecular flexibility index (Phi) is 2.93. The smallest absolute Gasteiger partial charge is 0.303 e. The van der Waals surface area contributed by atoms with Crippen molar-refractivity contribution >= 4 is 11.9 Å². The van der Waals surface area contributed by atoms with Crippen molar-refractivity contribution in [3.05, 3.63) is 0 Å². The van der Waals surface area contributed by atoms with E-state index in [-0.39, 0.29) is 24.2 Å². The number of hydrogen-bond acceptors (Lipinski definition) is 2. The maximum absolute atomic E-state index is 11.1. The molecule has 0 aromatic heterocycles. The first-order valence-corrected chi connectivity index (χ1v) is 5.65. The molecule has 1 amide bonds. The fourth-order valence-electron chi connectivity index (χ4n) is 2.72. The van der Waals surface area contributed by atoms with Gasteiger partial charge in [0.05, 0.1) is 0 Å². The van der Waals surface area contributed by atoms with Gasteiger partial charge < -0.3 is 10.4 Å². The van der Waals surface area contributed by atoms with Gasteiger partial charge in [-0.25, -0.2) is 0 Å². The number of nitrogens with one attached hydrogen (secondary N) is 1. The van der Waals surface area contributed by atoms with Crippen LogP contribution in [0.5, 0.6) is 0 Å². The minimum atomic E-state index is -0.730. The number of aliphatic carboxylic acids is 1. The maximum Gasteiger partial charge on any atom is 0.303 e. The number of carboxylic acid groups (broad SMARTS) is 1. The van der Waals surface area contributed by atoms with E-state index >= 15 is 0 Å². The molecule has 0 bridgehead atoms. The summed E-state index contributed by atoms with van der Waals surface area (Å²) in [6.45, 7) is 0.674. The predicted octanol–water partition coefficient (Wildman–Crippen LogP) is 1.01. The number of carboxylic acids is 1. The van der Waals surface area contributed by atoms with Crippen LogP contribution in [0.2, 0.25) is 0 Å². The molecular weight excluding hydrogens is 194 g/mol. The predicted molar refractivity (Wildman–Crippen MR) is 54.2 cm³/mol. The van der Waals surface area contributed by atoms with Crippen LogP contribution in [0.25, 0.3) is 0 Å². The van der Waals surface area contributed by atoms with Gasteiger partial charge in [-0.15, -0.1) is 0 Å². The lowest BCUT2D eigenvalue weighted by Gasteiger charge is -2.36. The molecule has 2 N–H and O–H groups in total. The molecule has 4 heteroatoms. The SMILES string of the molecule is O=C(O)CC(C1CCC1)C1CNC(=O)C1. The summed E-state index contributed by atoms with van der Waals surface area (Å²) in [6, 6.07) is 0. The molecule has 1 saturated carbocycles. The first-order chi connectivity index (χ1) is 7.16. The Morgan fingerprint density at radius 1 is 1.47 bits per heavy atom. The standard InChI is InChI=1S/C11H17NO3/c13-10-4-8(6-12-10)9(5-11(14)15)7-2-1-3-7/h7-9H,1-6H2,(H,12,13)(H,14,15). The molecule has 2 rings (SSSR count). The number of carbonyl (C=O) groups excluding carboxylic acids is 1. The van der Waals surface area contributed by atoms with Crippen LogP contribution in [0.3, 0.4) is 0 Å². The van der Waals surface area contributed by atoms with Crippen molar-refractivity contribution in [1.29, 1.82) is 0 Å². The highest BCUT2D eigenvalue weighted by Crippen LogP contribution is 2.40. The second kappa shape index (κ2) is 4.21. The van der Waals surface area contributed by atoms with E-state index in [4.69, 9.17) is 5.11 Å². The number of hydrogen-bond donors (Lipinski definition) is 2. The average Bonchev–Trinajstić information content (AvgIpc) is 2.46. The van der Waals surface area contributed by atoms with Gasteiger partial charge in [-0.05, 0) is 17.8 Å². The second-order valence-electron chi connectivity index (χ2n) is 4.72. The topological polar surface area (TPSA) is 66.4 Å². The van der Waals surface area contributed by atoms with Crippen LogP contribution >= 0.6 is 0 Å². The summed E-state index contributed by atoms with van der Waals surface area (Å²) in [5, 5.41) is 11.7. The van der Waals surface area contributed by atoms with Gasteiger partial charge in [0, 0.05) is 19.4 Å². The number of rotatable bonds is 4. The van der Waals surface area contributed by atoms with Crippen molar-refractivity contribution in [2.75, 3.05) is 6.54 Å². The van der Waals surface area contributed by atoms with E-state index in [1.54, 1.807) is 0 Å². The van der Waals surface area contributed by atoms with E-state index in [0.29, 0.717) is 18.9 Å². The molecule has 0 aromatic carbocycles. The van der Waals surface area contributed by atoms with Crippen LogP contribution in [0.4, 0.5) is 0 Å². The molecule has 2 unspecified atom stereocenters. The van der Waals surface area contributed by atoms with E-state index in [0.717, 1.165) is 12.8 Å². The fraction of sp³-hybridized carbons (Fsp3) is 0.818. The van der Waals surface area contributed by atoms with Gasteiger partial charge in [0.1, 0.15) is 0 Å². The molecule has 0 radical (unpaired) electrons. The van der Waals surface area contributed by atoms with Gasteiger partial charge >= 0.3 is 5.97 Å². The van der Waals surface area contributed by atoms with Gasteiger partial charge in [0.25, 0.3) is 0 Å².